The number of carboxylic acids is 1. The monoisotopic (exact) mass is 291 g/mol. The number of morpholine rings is 1. The van der Waals surface area contributed by atoms with Gasteiger partial charge in [-0.05, 0) is 17.5 Å². The minimum absolute atomic E-state index is 0.0657. The van der Waals surface area contributed by atoms with Gasteiger partial charge in [0, 0.05) is 6.54 Å². The summed E-state index contributed by atoms with van der Waals surface area (Å²) < 4.78 is 10.8. The summed E-state index contributed by atoms with van der Waals surface area (Å²) in [7, 11) is 0. The number of ether oxygens (including phenoxy) is 2. The van der Waals surface area contributed by atoms with Crippen molar-refractivity contribution in [2.45, 2.75) is 18.6 Å². The van der Waals surface area contributed by atoms with E-state index in [0.29, 0.717) is 13.2 Å². The van der Waals surface area contributed by atoms with Crippen LogP contribution in [0.3, 0.4) is 0 Å². The van der Waals surface area contributed by atoms with Crippen molar-refractivity contribution in [1.29, 1.82) is 0 Å². The smallest absolute Gasteiger partial charge is 0.334 e. The van der Waals surface area contributed by atoms with E-state index in [1.54, 1.807) is 0 Å². The van der Waals surface area contributed by atoms with Crippen molar-refractivity contribution >= 4 is 11.9 Å². The van der Waals surface area contributed by atoms with Crippen molar-refractivity contribution in [2.75, 3.05) is 26.3 Å². The zero-order valence-corrected chi connectivity index (χ0v) is 11.5. The lowest BCUT2D eigenvalue weighted by Gasteiger charge is -2.35. The van der Waals surface area contributed by atoms with Crippen LogP contribution in [-0.4, -0.2) is 54.3 Å². The molecule has 0 saturated carbocycles. The molecule has 1 amide bonds. The summed E-state index contributed by atoms with van der Waals surface area (Å²) >= 11 is 0. The van der Waals surface area contributed by atoms with E-state index in [0.717, 1.165) is 17.5 Å². The molecule has 1 aromatic carbocycles. The largest absolute Gasteiger partial charge is 0.479 e. The first-order valence-electron chi connectivity index (χ1n) is 6.99. The Morgan fingerprint density at radius 2 is 2.00 bits per heavy atom. The van der Waals surface area contributed by atoms with Crippen LogP contribution in [0.25, 0.3) is 0 Å². The molecule has 1 aromatic rings. The first-order valence-corrected chi connectivity index (χ1v) is 6.99. The molecule has 2 heterocycles. The Labute approximate surface area is 122 Å². The Morgan fingerprint density at radius 3 is 2.81 bits per heavy atom. The summed E-state index contributed by atoms with van der Waals surface area (Å²) in [6, 6.07) is 7.72. The molecule has 1 saturated heterocycles. The number of carbonyl (C=O) groups is 2. The fourth-order valence-electron chi connectivity index (χ4n) is 2.76. The molecule has 0 spiro atoms. The Morgan fingerprint density at radius 1 is 1.19 bits per heavy atom. The number of amides is 1. The summed E-state index contributed by atoms with van der Waals surface area (Å²) in [5, 5.41) is 9.01. The van der Waals surface area contributed by atoms with Crippen molar-refractivity contribution < 1.29 is 24.2 Å². The van der Waals surface area contributed by atoms with Crippen LogP contribution in [0.4, 0.5) is 0 Å². The van der Waals surface area contributed by atoms with Crippen LogP contribution >= 0.6 is 0 Å². The van der Waals surface area contributed by atoms with E-state index in [1.165, 1.54) is 4.90 Å². The van der Waals surface area contributed by atoms with Crippen molar-refractivity contribution in [3.05, 3.63) is 35.4 Å². The number of rotatable bonds is 2. The lowest BCUT2D eigenvalue weighted by atomic mass is 9.96. The summed E-state index contributed by atoms with van der Waals surface area (Å²) in [5.41, 5.74) is 2.00. The predicted octanol–water partition coefficient (Wildman–Crippen LogP) is 0.612. The van der Waals surface area contributed by atoms with E-state index in [4.69, 9.17) is 14.6 Å². The first-order chi connectivity index (χ1) is 10.2. The number of fused-ring (bicyclic) bond motifs is 1. The molecule has 1 N–H and O–H groups in total. The molecular formula is C15H17NO5. The molecule has 0 aromatic heterocycles. The van der Waals surface area contributed by atoms with Gasteiger partial charge in [0.05, 0.1) is 19.8 Å². The number of benzene rings is 1. The fraction of sp³-hybridized carbons (Fsp3) is 0.467. The number of hydrogen-bond donors (Lipinski definition) is 1. The lowest BCUT2D eigenvalue weighted by molar-refractivity contribution is -0.164. The third-order valence-electron chi connectivity index (χ3n) is 3.87. The van der Waals surface area contributed by atoms with Crippen molar-refractivity contribution in [1.82, 2.24) is 4.90 Å². The molecule has 2 aliphatic heterocycles. The second-order valence-electron chi connectivity index (χ2n) is 5.18. The summed E-state index contributed by atoms with van der Waals surface area (Å²) in [5.74, 6) is -1.23. The maximum atomic E-state index is 12.6. The molecular weight excluding hydrogens is 274 g/mol. The van der Waals surface area contributed by atoms with Crippen LogP contribution in [0.15, 0.2) is 24.3 Å². The van der Waals surface area contributed by atoms with Crippen LogP contribution in [-0.2, 0) is 25.5 Å². The SMILES string of the molecule is O=C(O)C1CN(C(=O)C2OCCc3ccccc32)CCO1. The number of carboxylic acid groups (broad SMARTS) is 1. The molecule has 2 unspecified atom stereocenters. The molecule has 0 bridgehead atoms. The maximum absolute atomic E-state index is 12.6. The summed E-state index contributed by atoms with van der Waals surface area (Å²) in [4.78, 5) is 25.2. The molecule has 1 fully saturated rings. The number of carbonyl (C=O) groups excluding carboxylic acids is 1. The van der Waals surface area contributed by atoms with Crippen LogP contribution < -0.4 is 0 Å². The molecule has 112 valence electrons. The zero-order valence-electron chi connectivity index (χ0n) is 11.5. The van der Waals surface area contributed by atoms with E-state index in [-0.39, 0.29) is 19.1 Å². The second-order valence-corrected chi connectivity index (χ2v) is 5.18. The van der Waals surface area contributed by atoms with E-state index in [1.807, 2.05) is 24.3 Å². The predicted molar refractivity (Wildman–Crippen MR) is 72.8 cm³/mol. The molecule has 0 aliphatic carbocycles. The van der Waals surface area contributed by atoms with Gasteiger partial charge in [0.1, 0.15) is 0 Å². The van der Waals surface area contributed by atoms with Gasteiger partial charge < -0.3 is 19.5 Å². The quantitative estimate of drug-likeness (QED) is 0.864. The minimum Gasteiger partial charge on any atom is -0.479 e. The Balaban J connectivity index is 1.78. The molecule has 6 nitrogen and oxygen atoms in total. The minimum atomic E-state index is -1.04. The molecule has 0 radical (unpaired) electrons. The van der Waals surface area contributed by atoms with Gasteiger partial charge in [-0.25, -0.2) is 4.79 Å². The van der Waals surface area contributed by atoms with Crippen molar-refractivity contribution in [3.8, 4) is 0 Å². The van der Waals surface area contributed by atoms with Gasteiger partial charge in [0.2, 0.25) is 0 Å². The highest BCUT2D eigenvalue weighted by molar-refractivity contribution is 5.84. The van der Waals surface area contributed by atoms with E-state index < -0.39 is 18.2 Å². The fourth-order valence-corrected chi connectivity index (χ4v) is 2.76. The van der Waals surface area contributed by atoms with E-state index in [2.05, 4.69) is 0 Å². The van der Waals surface area contributed by atoms with Crippen molar-refractivity contribution in [2.24, 2.45) is 0 Å². The third kappa shape index (κ3) is 2.77. The number of nitrogens with zero attached hydrogens (tertiary/aromatic N) is 1. The zero-order chi connectivity index (χ0) is 14.8. The average Bonchev–Trinajstić information content (AvgIpc) is 2.53. The number of aliphatic carboxylic acids is 1. The highest BCUT2D eigenvalue weighted by Gasteiger charge is 2.35. The van der Waals surface area contributed by atoms with Gasteiger partial charge in [0.15, 0.2) is 12.2 Å². The highest BCUT2D eigenvalue weighted by atomic mass is 16.5. The molecule has 6 heteroatoms. The first kappa shape index (κ1) is 14.0. The van der Waals surface area contributed by atoms with Gasteiger partial charge in [-0.1, -0.05) is 24.3 Å². The third-order valence-corrected chi connectivity index (χ3v) is 3.87. The van der Waals surface area contributed by atoms with Gasteiger partial charge in [0.25, 0.3) is 5.91 Å². The summed E-state index contributed by atoms with van der Waals surface area (Å²) in [6.45, 7) is 1.19. The van der Waals surface area contributed by atoms with Gasteiger partial charge >= 0.3 is 5.97 Å². The van der Waals surface area contributed by atoms with Crippen LogP contribution in [0.1, 0.15) is 17.2 Å². The lowest BCUT2D eigenvalue weighted by Crippen LogP contribution is -2.50. The van der Waals surface area contributed by atoms with Gasteiger partial charge in [-0.2, -0.15) is 0 Å². The molecule has 3 rings (SSSR count). The van der Waals surface area contributed by atoms with Gasteiger partial charge in [-0.3, -0.25) is 4.79 Å². The summed E-state index contributed by atoms with van der Waals surface area (Å²) in [6.07, 6.45) is -0.801. The standard InChI is InChI=1S/C15H17NO5/c17-14(16-6-8-20-12(9-16)15(18)19)13-11-4-2-1-3-10(11)5-7-21-13/h1-4,12-13H,5-9H2,(H,18,19). The van der Waals surface area contributed by atoms with E-state index in [9.17, 15) is 9.59 Å². The Hall–Kier alpha value is -1.92. The second kappa shape index (κ2) is 5.83. The highest BCUT2D eigenvalue weighted by Crippen LogP contribution is 2.29. The molecule has 2 atom stereocenters. The van der Waals surface area contributed by atoms with Crippen LogP contribution in [0, 0.1) is 0 Å². The Bertz CT molecular complexity index is 559. The number of hydrogen-bond acceptors (Lipinski definition) is 4. The maximum Gasteiger partial charge on any atom is 0.334 e. The molecule has 21 heavy (non-hydrogen) atoms. The van der Waals surface area contributed by atoms with Crippen molar-refractivity contribution in [3.63, 3.8) is 0 Å². The van der Waals surface area contributed by atoms with Gasteiger partial charge in [-0.15, -0.1) is 0 Å². The topological polar surface area (TPSA) is 76.1 Å². The van der Waals surface area contributed by atoms with Crippen LogP contribution in [0.5, 0.6) is 0 Å². The Kier molecular flexibility index (Phi) is 3.90. The van der Waals surface area contributed by atoms with Crippen LogP contribution in [0.2, 0.25) is 0 Å². The molecule has 2 aliphatic rings. The average molecular weight is 291 g/mol. The van der Waals surface area contributed by atoms with E-state index >= 15 is 0 Å². The normalized spacial score (nSPS) is 25.2.